The molecule has 10 aromatic heterocycles. The van der Waals surface area contributed by atoms with Crippen LogP contribution >= 0.6 is 0 Å². The van der Waals surface area contributed by atoms with E-state index in [0.717, 1.165) is 0 Å². The highest BCUT2D eigenvalue weighted by atomic mass is 15.6. The quantitative estimate of drug-likeness (QED) is 0.171. The minimum atomic E-state index is 0.130. The van der Waals surface area contributed by atoms with Gasteiger partial charge in [-0.15, -0.1) is 25.5 Å². The topological polar surface area (TPSA) is 311 Å². The van der Waals surface area contributed by atoms with E-state index in [2.05, 4.69) is 90.7 Å². The summed E-state index contributed by atoms with van der Waals surface area (Å²) in [6, 6.07) is 28.7. The summed E-state index contributed by atoms with van der Waals surface area (Å²) in [5.41, 5.74) is 20.5. The Labute approximate surface area is 404 Å². The van der Waals surface area contributed by atoms with Crippen molar-refractivity contribution in [2.75, 3.05) is 11.5 Å². The van der Waals surface area contributed by atoms with E-state index in [0.29, 0.717) is 102 Å². The lowest BCUT2D eigenvalue weighted by Gasteiger charge is -2.11. The van der Waals surface area contributed by atoms with Gasteiger partial charge in [-0.3, -0.25) is 9.97 Å². The summed E-state index contributed by atoms with van der Waals surface area (Å²) in [6.45, 7) is 15.1. The first-order valence-electron chi connectivity index (χ1n) is 21.4. The Hall–Kier alpha value is -11.3. The number of nitrogens with two attached hydrogens (primary N) is 2. The first-order chi connectivity index (χ1) is 35.4. The van der Waals surface area contributed by atoms with Crippen LogP contribution in [0.1, 0.15) is 11.6 Å². The second kappa shape index (κ2) is 18.8. The number of hydrogen-bond acceptors (Lipinski definition) is 20. The van der Waals surface area contributed by atoms with Crippen LogP contribution in [0.2, 0.25) is 0 Å². The van der Waals surface area contributed by atoms with Crippen molar-refractivity contribution in [3.63, 3.8) is 0 Å². The van der Waals surface area contributed by atoms with Crippen molar-refractivity contribution in [2.24, 2.45) is 0 Å². The SMILES string of the molecule is [C-]#[N+]c1cccc(-c2nc(N)n3nc(Cn4nnc(-c5ccccn5)n4)nc3c2-c2ccncn2)c1.[C-]#[N+]c1cccc(-c2nc(N)n3nc(Cn4nnnc4-c4ccccn4)nc3c2-c2ccncn2)c1. The van der Waals surface area contributed by atoms with Gasteiger partial charge < -0.3 is 11.5 Å². The summed E-state index contributed by atoms with van der Waals surface area (Å²) in [5.74, 6) is 1.94. The van der Waals surface area contributed by atoms with E-state index in [4.69, 9.17) is 34.6 Å². The number of nitrogens with zero attached hydrogens (tertiary/aromatic N) is 24. The van der Waals surface area contributed by atoms with Gasteiger partial charge in [-0.05, 0) is 75.3 Å². The molecule has 0 bridgehead atoms. The van der Waals surface area contributed by atoms with Crippen LogP contribution in [0.3, 0.4) is 0 Å². The van der Waals surface area contributed by atoms with E-state index < -0.39 is 0 Å². The summed E-state index contributed by atoms with van der Waals surface area (Å²) >= 11 is 0. The molecule has 0 aliphatic rings. The molecule has 26 heteroatoms. The molecule has 12 aromatic rings. The molecule has 0 unspecified atom stereocenters. The van der Waals surface area contributed by atoms with E-state index in [-0.39, 0.29) is 25.0 Å². The number of hydrogen-bond donors (Lipinski definition) is 2. The Morgan fingerprint density at radius 3 is 1.61 bits per heavy atom. The third-order valence-electron chi connectivity index (χ3n) is 10.6. The predicted octanol–water partition coefficient (Wildman–Crippen LogP) is 4.96. The second-order valence-corrected chi connectivity index (χ2v) is 15.2. The molecule has 344 valence electrons. The highest BCUT2D eigenvalue weighted by Crippen LogP contribution is 2.37. The number of fused-ring (bicyclic) bond motifs is 2. The van der Waals surface area contributed by atoms with Crippen LogP contribution < -0.4 is 11.5 Å². The fraction of sp³-hybridized carbons (Fsp3) is 0.0435. The molecular weight excluding hydrogens is 917 g/mol. The number of benzene rings is 2. The van der Waals surface area contributed by atoms with Gasteiger partial charge >= 0.3 is 0 Å². The molecule has 0 aliphatic carbocycles. The lowest BCUT2D eigenvalue weighted by molar-refractivity contribution is 0.554. The number of pyridine rings is 2. The van der Waals surface area contributed by atoms with E-state index in [1.54, 1.807) is 84.1 Å². The van der Waals surface area contributed by atoms with Crippen molar-refractivity contribution in [3.8, 4) is 68.1 Å². The number of anilines is 2. The van der Waals surface area contributed by atoms with Gasteiger partial charge in [-0.25, -0.2) is 54.2 Å². The van der Waals surface area contributed by atoms with E-state index in [9.17, 15) is 0 Å². The smallest absolute Gasteiger partial charge is 0.223 e. The third-order valence-corrected chi connectivity index (χ3v) is 10.6. The van der Waals surface area contributed by atoms with Crippen LogP contribution in [-0.4, -0.2) is 109 Å². The monoisotopic (exact) mass is 946 g/mol. The number of nitrogen functional groups attached to an aromatic ring is 2. The number of rotatable bonds is 10. The molecule has 10 heterocycles. The molecule has 4 N–H and O–H groups in total. The molecule has 12 rings (SSSR count). The van der Waals surface area contributed by atoms with E-state index in [1.807, 2.05) is 42.5 Å². The molecule has 2 aromatic carbocycles. The average Bonchev–Trinajstić information content (AvgIpc) is 4.28. The average molecular weight is 947 g/mol. The Bertz CT molecular complexity index is 3990. The van der Waals surface area contributed by atoms with Crippen molar-refractivity contribution in [3.05, 3.63) is 169 Å². The maximum atomic E-state index is 7.38. The van der Waals surface area contributed by atoms with Gasteiger partial charge in [-0.2, -0.15) is 13.8 Å². The van der Waals surface area contributed by atoms with Crippen molar-refractivity contribution in [2.45, 2.75) is 13.1 Å². The van der Waals surface area contributed by atoms with Crippen LogP contribution in [0.4, 0.5) is 23.3 Å². The normalized spacial score (nSPS) is 11.0. The van der Waals surface area contributed by atoms with Gasteiger partial charge in [0.05, 0.1) is 47.0 Å². The van der Waals surface area contributed by atoms with Gasteiger partial charge in [0.1, 0.15) is 37.1 Å². The van der Waals surface area contributed by atoms with Gasteiger partial charge in [0.25, 0.3) is 0 Å². The van der Waals surface area contributed by atoms with Crippen molar-refractivity contribution < 1.29 is 0 Å². The van der Waals surface area contributed by atoms with Crippen LogP contribution in [-0.2, 0) is 13.1 Å². The van der Waals surface area contributed by atoms with Crippen molar-refractivity contribution in [1.82, 2.24) is 109 Å². The van der Waals surface area contributed by atoms with Crippen LogP contribution in [0, 0.1) is 13.1 Å². The molecular formula is C46H30N26. The van der Waals surface area contributed by atoms with Gasteiger partial charge in [0, 0.05) is 24.8 Å². The van der Waals surface area contributed by atoms with Gasteiger partial charge in [0.2, 0.25) is 23.5 Å². The Morgan fingerprint density at radius 1 is 0.514 bits per heavy atom. The van der Waals surface area contributed by atoms with Crippen LogP contribution in [0.15, 0.2) is 135 Å². The van der Waals surface area contributed by atoms with Crippen molar-refractivity contribution in [1.29, 1.82) is 0 Å². The maximum Gasteiger partial charge on any atom is 0.223 e. The third kappa shape index (κ3) is 8.50. The molecule has 0 aliphatic heterocycles. The molecule has 0 saturated heterocycles. The molecule has 26 nitrogen and oxygen atoms in total. The Kier molecular flexibility index (Phi) is 11.3. The zero-order valence-electron chi connectivity index (χ0n) is 37.0. The first-order valence-corrected chi connectivity index (χ1v) is 21.4. The standard InChI is InChI=1S/2C23H15N13/c1-25-15-6-4-5-14(11-15)20-19(16-8-10-26-13-28-16)22-29-18(32-36(22)23(24)30-20)12-35-21(31-33-34-35)17-7-2-3-9-27-17;1-25-15-6-4-5-14(11-15)20-19(16-8-10-26-13-28-16)22-29-18(32-36(22)23(24)30-20)12-35-33-21(31-34-35)17-7-2-3-9-27-17/h2*2-11,13H,12H2,(H2,24,30). The first kappa shape index (κ1) is 43.3. The van der Waals surface area contributed by atoms with Crippen molar-refractivity contribution >= 4 is 34.6 Å². The van der Waals surface area contributed by atoms with E-state index in [1.165, 1.54) is 26.5 Å². The van der Waals surface area contributed by atoms with Crippen LogP contribution in [0.5, 0.6) is 0 Å². The molecule has 0 atom stereocenters. The molecule has 0 saturated carbocycles. The van der Waals surface area contributed by atoms with Gasteiger partial charge in [-0.1, -0.05) is 48.5 Å². The molecule has 0 spiro atoms. The number of aromatic nitrogens is 22. The molecule has 0 radical (unpaired) electrons. The second-order valence-electron chi connectivity index (χ2n) is 15.2. The van der Waals surface area contributed by atoms with Gasteiger partial charge in [0.15, 0.2) is 34.3 Å². The minimum Gasteiger partial charge on any atom is -0.368 e. The fourth-order valence-corrected chi connectivity index (χ4v) is 7.50. The molecule has 0 fully saturated rings. The summed E-state index contributed by atoms with van der Waals surface area (Å²) in [7, 11) is 0. The highest BCUT2D eigenvalue weighted by Gasteiger charge is 2.24. The number of tetrazole rings is 2. The predicted molar refractivity (Wildman–Crippen MR) is 256 cm³/mol. The minimum absolute atomic E-state index is 0.130. The highest BCUT2D eigenvalue weighted by molar-refractivity contribution is 5.91. The van der Waals surface area contributed by atoms with Crippen LogP contribution in [0.25, 0.3) is 89.1 Å². The summed E-state index contributed by atoms with van der Waals surface area (Å²) < 4.78 is 4.47. The zero-order chi connectivity index (χ0) is 49.0. The molecule has 72 heavy (non-hydrogen) atoms. The Balaban J connectivity index is 0.000000156. The maximum absolute atomic E-state index is 7.38. The Morgan fingerprint density at radius 2 is 1.08 bits per heavy atom. The summed E-state index contributed by atoms with van der Waals surface area (Å²) in [5, 5.41) is 33.6. The molecule has 0 amide bonds. The van der Waals surface area contributed by atoms with E-state index >= 15 is 0 Å². The summed E-state index contributed by atoms with van der Waals surface area (Å²) in [6.07, 6.45) is 9.48. The lowest BCUT2D eigenvalue weighted by atomic mass is 10.0. The lowest BCUT2D eigenvalue weighted by Crippen LogP contribution is -2.08. The fourth-order valence-electron chi connectivity index (χ4n) is 7.50. The zero-order valence-corrected chi connectivity index (χ0v) is 37.0. The summed E-state index contributed by atoms with van der Waals surface area (Å²) in [4.78, 5) is 52.6. The largest absolute Gasteiger partial charge is 0.368 e.